The summed E-state index contributed by atoms with van der Waals surface area (Å²) in [4.78, 5) is 13.0. The molecule has 0 bridgehead atoms. The van der Waals surface area contributed by atoms with Crippen LogP contribution in [-0.2, 0) is 4.74 Å². The van der Waals surface area contributed by atoms with Gasteiger partial charge in [-0.05, 0) is 26.8 Å². The molecule has 1 unspecified atom stereocenters. The van der Waals surface area contributed by atoms with Gasteiger partial charge in [0.1, 0.15) is 11.3 Å². The van der Waals surface area contributed by atoms with Crippen molar-refractivity contribution in [2.45, 2.75) is 38.5 Å². The zero-order chi connectivity index (χ0) is 13.1. The van der Waals surface area contributed by atoms with Crippen molar-refractivity contribution in [3.63, 3.8) is 0 Å². The van der Waals surface area contributed by atoms with E-state index in [1.165, 1.54) is 11.0 Å². The lowest BCUT2D eigenvalue weighted by Gasteiger charge is -2.24. The van der Waals surface area contributed by atoms with Crippen molar-refractivity contribution in [3.05, 3.63) is 12.2 Å². The fourth-order valence-corrected chi connectivity index (χ4v) is 1.60. The first-order valence-electron chi connectivity index (χ1n) is 5.50. The molecular weight excluding hydrogens is 223 g/mol. The van der Waals surface area contributed by atoms with Crippen LogP contribution >= 0.6 is 0 Å². The minimum Gasteiger partial charge on any atom is -0.444 e. The third-order valence-corrected chi connectivity index (χ3v) is 2.36. The van der Waals surface area contributed by atoms with E-state index in [4.69, 9.17) is 10.00 Å². The largest absolute Gasteiger partial charge is 0.444 e. The lowest BCUT2D eigenvalue weighted by molar-refractivity contribution is 0.0272. The lowest BCUT2D eigenvalue weighted by Crippen LogP contribution is -2.37. The van der Waals surface area contributed by atoms with Crippen molar-refractivity contribution in [3.8, 4) is 6.07 Å². The number of carbonyl (C=O) groups excluding carboxylic acids is 1. The number of nitriles is 1. The topological polar surface area (TPSA) is 53.3 Å². The number of rotatable bonds is 1. The molecule has 5 heteroatoms. The van der Waals surface area contributed by atoms with E-state index in [1.807, 2.05) is 0 Å². The molecule has 0 aromatic carbocycles. The molecule has 1 amide bonds. The van der Waals surface area contributed by atoms with Gasteiger partial charge >= 0.3 is 6.09 Å². The molecule has 1 aliphatic rings. The molecule has 4 nitrogen and oxygen atoms in total. The summed E-state index contributed by atoms with van der Waals surface area (Å²) in [5.74, 6) is 0. The number of amides is 1. The molecule has 0 radical (unpaired) electrons. The molecular formula is C12H17FN2O2. The summed E-state index contributed by atoms with van der Waals surface area (Å²) >= 11 is 0. The summed E-state index contributed by atoms with van der Waals surface area (Å²) in [6.07, 6.45) is 2.00. The summed E-state index contributed by atoms with van der Waals surface area (Å²) in [7, 11) is 0. The fourth-order valence-electron chi connectivity index (χ4n) is 1.60. The normalized spacial score (nSPS) is 25.0. The van der Waals surface area contributed by atoms with Gasteiger partial charge in [-0.3, -0.25) is 0 Å². The number of allylic oxidation sites excluding steroid dienone is 1. The van der Waals surface area contributed by atoms with Gasteiger partial charge in [0, 0.05) is 19.0 Å². The van der Waals surface area contributed by atoms with Gasteiger partial charge < -0.3 is 9.64 Å². The van der Waals surface area contributed by atoms with Crippen LogP contribution in [0.4, 0.5) is 9.18 Å². The predicted octanol–water partition coefficient (Wildman–Crippen LogP) is 2.42. The van der Waals surface area contributed by atoms with Gasteiger partial charge in [-0.25, -0.2) is 9.18 Å². The number of hydrogen-bond acceptors (Lipinski definition) is 3. The maximum absolute atomic E-state index is 14.1. The Hall–Kier alpha value is -1.57. The van der Waals surface area contributed by atoms with E-state index in [1.54, 1.807) is 26.8 Å². The third kappa shape index (κ3) is 4.06. The number of alkyl halides is 1. The van der Waals surface area contributed by atoms with Crippen molar-refractivity contribution < 1.29 is 13.9 Å². The highest BCUT2D eigenvalue weighted by Gasteiger charge is 2.39. The molecule has 0 aliphatic carbocycles. The molecule has 1 saturated heterocycles. The first kappa shape index (κ1) is 13.5. The van der Waals surface area contributed by atoms with E-state index in [2.05, 4.69) is 0 Å². The molecule has 0 aromatic heterocycles. The molecule has 1 fully saturated rings. The van der Waals surface area contributed by atoms with Gasteiger partial charge in [0.2, 0.25) is 0 Å². The zero-order valence-electron chi connectivity index (χ0n) is 10.4. The molecule has 17 heavy (non-hydrogen) atoms. The van der Waals surface area contributed by atoms with Crippen LogP contribution in [0, 0.1) is 11.3 Å². The molecule has 1 aliphatic heterocycles. The second kappa shape index (κ2) is 4.74. The Morgan fingerprint density at radius 2 is 2.24 bits per heavy atom. The first-order chi connectivity index (χ1) is 7.76. The zero-order valence-corrected chi connectivity index (χ0v) is 10.4. The van der Waals surface area contributed by atoms with Gasteiger partial charge in [-0.2, -0.15) is 5.26 Å². The Morgan fingerprint density at radius 3 is 2.76 bits per heavy atom. The second-order valence-corrected chi connectivity index (χ2v) is 5.15. The Kier molecular flexibility index (Phi) is 3.76. The van der Waals surface area contributed by atoms with E-state index in [9.17, 15) is 9.18 Å². The molecule has 94 valence electrons. The van der Waals surface area contributed by atoms with Gasteiger partial charge in [-0.1, -0.05) is 0 Å². The Labute approximate surface area is 101 Å². The van der Waals surface area contributed by atoms with Gasteiger partial charge in [0.05, 0.1) is 12.6 Å². The van der Waals surface area contributed by atoms with Crippen LogP contribution in [0.1, 0.15) is 27.2 Å². The number of ether oxygens (including phenoxy) is 1. The Bertz CT molecular complexity index is 368. The van der Waals surface area contributed by atoms with Gasteiger partial charge in [-0.15, -0.1) is 0 Å². The average Bonchev–Trinajstić information content (AvgIpc) is 2.56. The van der Waals surface area contributed by atoms with Crippen molar-refractivity contribution in [1.29, 1.82) is 5.26 Å². The second-order valence-electron chi connectivity index (χ2n) is 5.15. The predicted molar refractivity (Wildman–Crippen MR) is 61.0 cm³/mol. The van der Waals surface area contributed by atoms with Gasteiger partial charge in [0.15, 0.2) is 0 Å². The number of halogens is 1. The van der Waals surface area contributed by atoms with Crippen LogP contribution in [0.5, 0.6) is 0 Å². The summed E-state index contributed by atoms with van der Waals surface area (Å²) in [6.45, 7) is 5.54. The highest BCUT2D eigenvalue weighted by Crippen LogP contribution is 2.28. The van der Waals surface area contributed by atoms with Crippen molar-refractivity contribution in [1.82, 2.24) is 4.90 Å². The quantitative estimate of drug-likeness (QED) is 0.661. The average molecular weight is 240 g/mol. The number of hydrogen-bond donors (Lipinski definition) is 0. The van der Waals surface area contributed by atoms with E-state index in [-0.39, 0.29) is 13.0 Å². The van der Waals surface area contributed by atoms with Crippen molar-refractivity contribution >= 4 is 6.09 Å². The molecule has 0 N–H and O–H groups in total. The van der Waals surface area contributed by atoms with Crippen LogP contribution in [0.25, 0.3) is 0 Å². The maximum Gasteiger partial charge on any atom is 0.410 e. The lowest BCUT2D eigenvalue weighted by atomic mass is 10.1. The summed E-state index contributed by atoms with van der Waals surface area (Å²) in [5, 5.41) is 8.36. The van der Waals surface area contributed by atoms with E-state index in [0.29, 0.717) is 6.54 Å². The number of carbonyl (C=O) groups is 1. The summed E-state index contributed by atoms with van der Waals surface area (Å²) in [6, 6.07) is 1.75. The summed E-state index contributed by atoms with van der Waals surface area (Å²) in [5.41, 5.74) is -2.19. The highest BCUT2D eigenvalue weighted by molar-refractivity contribution is 5.68. The van der Waals surface area contributed by atoms with Crippen LogP contribution in [0.3, 0.4) is 0 Å². The number of nitrogens with zero attached hydrogens (tertiary/aromatic N) is 2. The summed E-state index contributed by atoms with van der Waals surface area (Å²) < 4.78 is 19.2. The van der Waals surface area contributed by atoms with Crippen LogP contribution < -0.4 is 0 Å². The van der Waals surface area contributed by atoms with E-state index >= 15 is 0 Å². The molecule has 1 atom stereocenters. The van der Waals surface area contributed by atoms with E-state index < -0.39 is 17.4 Å². The molecule has 0 spiro atoms. The monoisotopic (exact) mass is 240 g/mol. The standard InChI is InChI=1S/C12H17FN2O2/c1-11(2,3)17-10(16)15-8-6-12(13,9-15)5-4-7-14/h4-5H,6,8-9H2,1-3H3. The Morgan fingerprint density at radius 1 is 1.59 bits per heavy atom. The maximum atomic E-state index is 14.1. The van der Waals surface area contributed by atoms with Crippen LogP contribution in [0.2, 0.25) is 0 Å². The molecule has 0 saturated carbocycles. The minimum absolute atomic E-state index is 0.0555. The SMILES string of the molecule is CC(C)(C)OC(=O)N1CCC(F)(C=CC#N)C1. The van der Waals surface area contributed by atoms with Crippen molar-refractivity contribution in [2.75, 3.05) is 13.1 Å². The number of likely N-dealkylation sites (tertiary alicyclic amines) is 1. The minimum atomic E-state index is -1.60. The molecule has 1 rings (SSSR count). The van der Waals surface area contributed by atoms with Crippen LogP contribution in [-0.4, -0.2) is 35.4 Å². The van der Waals surface area contributed by atoms with Gasteiger partial charge in [0.25, 0.3) is 0 Å². The smallest absolute Gasteiger partial charge is 0.410 e. The fraction of sp³-hybridized carbons (Fsp3) is 0.667. The first-order valence-corrected chi connectivity index (χ1v) is 5.50. The third-order valence-electron chi connectivity index (χ3n) is 2.36. The Balaban J connectivity index is 2.59. The highest BCUT2D eigenvalue weighted by atomic mass is 19.1. The molecule has 1 heterocycles. The van der Waals surface area contributed by atoms with E-state index in [0.717, 1.165) is 6.08 Å². The van der Waals surface area contributed by atoms with Crippen molar-refractivity contribution in [2.24, 2.45) is 0 Å². The van der Waals surface area contributed by atoms with Crippen LogP contribution in [0.15, 0.2) is 12.2 Å². The molecule has 0 aromatic rings.